The van der Waals surface area contributed by atoms with Crippen LogP contribution >= 0.6 is 0 Å². The highest BCUT2D eigenvalue weighted by Gasteiger charge is 2.36. The number of methoxy groups -OCH3 is 1. The maximum Gasteiger partial charge on any atom is 0.323 e. The number of aryl methyl sites for hydroxylation is 1. The van der Waals surface area contributed by atoms with Gasteiger partial charge in [0, 0.05) is 13.7 Å². The van der Waals surface area contributed by atoms with Crippen molar-refractivity contribution in [1.29, 1.82) is 5.41 Å². The summed E-state index contributed by atoms with van der Waals surface area (Å²) in [6, 6.07) is 3.83. The molecule has 1 fully saturated rings. The molecular formula is C13H16FN3O2. The molecule has 1 heterocycles. The van der Waals surface area contributed by atoms with Gasteiger partial charge in [-0.05, 0) is 24.1 Å². The molecule has 6 heteroatoms. The zero-order valence-electron chi connectivity index (χ0n) is 10.9. The fraction of sp³-hybridized carbons (Fsp3) is 0.385. The van der Waals surface area contributed by atoms with Crippen molar-refractivity contribution < 1.29 is 13.9 Å². The first-order valence-corrected chi connectivity index (χ1v) is 5.95. The van der Waals surface area contributed by atoms with Crippen molar-refractivity contribution in [3.05, 3.63) is 35.1 Å². The number of carbonyl (C=O) groups excluding carboxylic acids is 1. The second-order valence-electron chi connectivity index (χ2n) is 4.44. The molecule has 1 atom stereocenters. The van der Waals surface area contributed by atoms with Gasteiger partial charge < -0.3 is 9.64 Å². The molecule has 2 N–H and O–H groups in total. The number of amides is 2. The van der Waals surface area contributed by atoms with Crippen molar-refractivity contribution in [2.45, 2.75) is 13.0 Å². The lowest BCUT2D eigenvalue weighted by atomic mass is 10.0. The molecule has 1 aliphatic heterocycles. The first kappa shape index (κ1) is 13.5. The van der Waals surface area contributed by atoms with Crippen LogP contribution in [0.4, 0.5) is 9.18 Å². The molecule has 102 valence electrons. The molecule has 0 aromatic heterocycles. The molecule has 1 saturated heterocycles. The SMILES string of the molecule is COCCN1C(=O)NC(=N)C1c1ccc(C)c(F)c1. The third kappa shape index (κ3) is 2.58. The third-order valence-electron chi connectivity index (χ3n) is 3.14. The number of benzene rings is 1. The van der Waals surface area contributed by atoms with E-state index in [0.29, 0.717) is 24.3 Å². The van der Waals surface area contributed by atoms with E-state index in [1.165, 1.54) is 11.0 Å². The number of rotatable bonds is 4. The standard InChI is InChI=1S/C13H16FN3O2/c1-8-3-4-9(7-10(8)14)11-12(15)16-13(18)17(11)5-6-19-2/h3-4,7,11H,5-6H2,1-2H3,(H2,15,16,18). The summed E-state index contributed by atoms with van der Waals surface area (Å²) in [5.41, 5.74) is 1.12. The number of urea groups is 1. The molecule has 0 radical (unpaired) electrons. The van der Waals surface area contributed by atoms with Gasteiger partial charge in [-0.3, -0.25) is 10.7 Å². The van der Waals surface area contributed by atoms with Crippen LogP contribution < -0.4 is 5.32 Å². The van der Waals surface area contributed by atoms with Crippen LogP contribution in [0.3, 0.4) is 0 Å². The largest absolute Gasteiger partial charge is 0.383 e. The molecule has 5 nitrogen and oxygen atoms in total. The molecule has 0 bridgehead atoms. The Kier molecular flexibility index (Phi) is 3.80. The Morgan fingerprint density at radius 3 is 2.89 bits per heavy atom. The van der Waals surface area contributed by atoms with Crippen LogP contribution in [0.5, 0.6) is 0 Å². The van der Waals surface area contributed by atoms with Crippen molar-refractivity contribution in [2.24, 2.45) is 0 Å². The number of carbonyl (C=O) groups is 1. The van der Waals surface area contributed by atoms with Gasteiger partial charge in [0.2, 0.25) is 0 Å². The maximum absolute atomic E-state index is 13.6. The summed E-state index contributed by atoms with van der Waals surface area (Å²) in [5, 5.41) is 10.3. The lowest BCUT2D eigenvalue weighted by Crippen LogP contribution is -2.32. The fourth-order valence-corrected chi connectivity index (χ4v) is 2.07. The van der Waals surface area contributed by atoms with Crippen molar-refractivity contribution in [1.82, 2.24) is 10.2 Å². The number of ether oxygens (including phenoxy) is 1. The first-order valence-electron chi connectivity index (χ1n) is 5.95. The Morgan fingerprint density at radius 2 is 2.26 bits per heavy atom. The minimum Gasteiger partial charge on any atom is -0.383 e. The van der Waals surface area contributed by atoms with E-state index in [9.17, 15) is 9.18 Å². The lowest BCUT2D eigenvalue weighted by Gasteiger charge is -2.22. The van der Waals surface area contributed by atoms with Crippen molar-refractivity contribution in [3.8, 4) is 0 Å². The van der Waals surface area contributed by atoms with Gasteiger partial charge in [-0.15, -0.1) is 0 Å². The molecule has 2 amide bonds. The number of nitrogens with one attached hydrogen (secondary N) is 2. The van der Waals surface area contributed by atoms with Gasteiger partial charge in [-0.2, -0.15) is 0 Å². The predicted octanol–water partition coefficient (Wildman–Crippen LogP) is 1.82. The molecule has 19 heavy (non-hydrogen) atoms. The molecular weight excluding hydrogens is 249 g/mol. The summed E-state index contributed by atoms with van der Waals surface area (Å²) in [6.07, 6.45) is 0. The number of amidine groups is 1. The van der Waals surface area contributed by atoms with E-state index in [4.69, 9.17) is 10.1 Å². The molecule has 1 aromatic rings. The topological polar surface area (TPSA) is 65.4 Å². The minimum absolute atomic E-state index is 0.0596. The monoisotopic (exact) mass is 265 g/mol. The van der Waals surface area contributed by atoms with Gasteiger partial charge in [-0.25, -0.2) is 9.18 Å². The lowest BCUT2D eigenvalue weighted by molar-refractivity contribution is 0.151. The van der Waals surface area contributed by atoms with Gasteiger partial charge in [0.05, 0.1) is 6.61 Å². The second kappa shape index (κ2) is 5.36. The normalized spacial score (nSPS) is 18.9. The molecule has 0 saturated carbocycles. The molecule has 1 aromatic carbocycles. The predicted molar refractivity (Wildman–Crippen MR) is 68.7 cm³/mol. The fourth-order valence-electron chi connectivity index (χ4n) is 2.07. The summed E-state index contributed by atoms with van der Waals surface area (Å²) in [4.78, 5) is 13.2. The van der Waals surface area contributed by atoms with Crippen LogP contribution in [-0.2, 0) is 4.74 Å². The van der Waals surface area contributed by atoms with Crippen LogP contribution in [0.25, 0.3) is 0 Å². The van der Waals surface area contributed by atoms with E-state index >= 15 is 0 Å². The zero-order chi connectivity index (χ0) is 14.0. The Bertz CT molecular complexity index is 519. The smallest absolute Gasteiger partial charge is 0.323 e. The summed E-state index contributed by atoms with van der Waals surface area (Å²) in [6.45, 7) is 2.39. The summed E-state index contributed by atoms with van der Waals surface area (Å²) in [5.74, 6) is -0.277. The number of hydrogen-bond acceptors (Lipinski definition) is 3. The number of nitrogens with zero attached hydrogens (tertiary/aromatic N) is 1. The highest BCUT2D eigenvalue weighted by atomic mass is 19.1. The Morgan fingerprint density at radius 1 is 1.53 bits per heavy atom. The molecule has 0 spiro atoms. The average Bonchev–Trinajstić information content (AvgIpc) is 2.65. The van der Waals surface area contributed by atoms with Gasteiger partial charge in [0.15, 0.2) is 0 Å². The third-order valence-corrected chi connectivity index (χ3v) is 3.14. The summed E-state index contributed by atoms with van der Waals surface area (Å²) < 4.78 is 18.6. The van der Waals surface area contributed by atoms with Crippen LogP contribution in [0.1, 0.15) is 17.2 Å². The first-order chi connectivity index (χ1) is 9.04. The van der Waals surface area contributed by atoms with Crippen molar-refractivity contribution in [2.75, 3.05) is 20.3 Å². The van der Waals surface area contributed by atoms with Crippen LogP contribution in [0.15, 0.2) is 18.2 Å². The van der Waals surface area contributed by atoms with Gasteiger partial charge in [0.1, 0.15) is 17.7 Å². The molecule has 1 unspecified atom stereocenters. The minimum atomic E-state index is -0.572. The van der Waals surface area contributed by atoms with E-state index < -0.39 is 6.04 Å². The van der Waals surface area contributed by atoms with Crippen LogP contribution in [-0.4, -0.2) is 37.0 Å². The molecule has 2 rings (SSSR count). The molecule has 0 aliphatic carbocycles. The number of hydrogen-bond donors (Lipinski definition) is 2. The van der Waals surface area contributed by atoms with E-state index in [-0.39, 0.29) is 17.7 Å². The van der Waals surface area contributed by atoms with Crippen molar-refractivity contribution >= 4 is 11.9 Å². The summed E-state index contributed by atoms with van der Waals surface area (Å²) in [7, 11) is 1.54. The van der Waals surface area contributed by atoms with E-state index in [1.54, 1.807) is 26.2 Å². The summed E-state index contributed by atoms with van der Waals surface area (Å²) >= 11 is 0. The molecule has 1 aliphatic rings. The van der Waals surface area contributed by atoms with Gasteiger partial charge in [-0.1, -0.05) is 12.1 Å². The maximum atomic E-state index is 13.6. The van der Waals surface area contributed by atoms with E-state index in [0.717, 1.165) is 0 Å². The van der Waals surface area contributed by atoms with Crippen LogP contribution in [0, 0.1) is 18.2 Å². The van der Waals surface area contributed by atoms with Crippen molar-refractivity contribution in [3.63, 3.8) is 0 Å². The van der Waals surface area contributed by atoms with Gasteiger partial charge in [0.25, 0.3) is 0 Å². The zero-order valence-corrected chi connectivity index (χ0v) is 10.9. The highest BCUT2D eigenvalue weighted by Crippen LogP contribution is 2.26. The average molecular weight is 265 g/mol. The van der Waals surface area contributed by atoms with E-state index in [2.05, 4.69) is 5.32 Å². The Balaban J connectivity index is 2.30. The second-order valence-corrected chi connectivity index (χ2v) is 4.44. The Hall–Kier alpha value is -1.95. The van der Waals surface area contributed by atoms with E-state index in [1.807, 2.05) is 0 Å². The van der Waals surface area contributed by atoms with Crippen LogP contribution in [0.2, 0.25) is 0 Å². The van der Waals surface area contributed by atoms with Gasteiger partial charge >= 0.3 is 6.03 Å². The highest BCUT2D eigenvalue weighted by molar-refractivity contribution is 6.06. The number of halogens is 1. The quantitative estimate of drug-likeness (QED) is 0.872. The Labute approximate surface area is 110 Å².